The largest absolute Gasteiger partial charge is 0.491 e. The molecule has 0 amide bonds. The van der Waals surface area contributed by atoms with Crippen molar-refractivity contribution in [2.45, 2.75) is 12.7 Å². The van der Waals surface area contributed by atoms with Crippen molar-refractivity contribution in [3.8, 4) is 16.9 Å². The fraction of sp³-hybridized carbons (Fsp3) is 0.100. The van der Waals surface area contributed by atoms with Gasteiger partial charge in [0.1, 0.15) is 5.75 Å². The van der Waals surface area contributed by atoms with Crippen molar-refractivity contribution >= 4 is 22.7 Å². The highest BCUT2D eigenvalue weighted by Crippen LogP contribution is 2.40. The number of esters is 1. The van der Waals surface area contributed by atoms with Gasteiger partial charge in [0.2, 0.25) is 0 Å². The van der Waals surface area contributed by atoms with Crippen LogP contribution in [0.2, 0.25) is 0 Å². The van der Waals surface area contributed by atoms with E-state index in [4.69, 9.17) is 5.73 Å². The molecule has 3 aromatic carbocycles. The zero-order chi connectivity index (χ0) is 20.5. The van der Waals surface area contributed by atoms with Gasteiger partial charge in [-0.1, -0.05) is 36.4 Å². The maximum atomic E-state index is 12.7. The second-order valence-corrected chi connectivity index (χ2v) is 5.94. The summed E-state index contributed by atoms with van der Waals surface area (Å²) in [5.74, 6) is -4.06. The summed E-state index contributed by atoms with van der Waals surface area (Å²) >= 11 is 0. The maximum Gasteiger partial charge on any atom is 0.491 e. The highest BCUT2D eigenvalue weighted by molar-refractivity contribution is 6.06. The number of carbonyl (C=O) groups excluding carboxylic acids is 1. The number of rotatable bonds is 4. The molecule has 0 radical (unpaired) electrons. The van der Waals surface area contributed by atoms with Crippen molar-refractivity contribution in [2.24, 2.45) is 5.73 Å². The second kappa shape index (κ2) is 7.32. The molecule has 8 heteroatoms. The van der Waals surface area contributed by atoms with E-state index in [-0.39, 0.29) is 23.2 Å². The molecule has 3 rings (SSSR count). The van der Waals surface area contributed by atoms with E-state index in [0.29, 0.717) is 16.3 Å². The molecule has 0 aliphatic rings. The summed E-state index contributed by atoms with van der Waals surface area (Å²) in [5, 5.41) is 10.6. The van der Waals surface area contributed by atoms with E-state index in [0.717, 1.165) is 0 Å². The molecule has 0 saturated carbocycles. The lowest BCUT2D eigenvalue weighted by Gasteiger charge is -2.16. The van der Waals surface area contributed by atoms with Gasteiger partial charge in [0.15, 0.2) is 0 Å². The van der Waals surface area contributed by atoms with Crippen LogP contribution in [0.15, 0.2) is 54.6 Å². The van der Waals surface area contributed by atoms with Crippen molar-refractivity contribution < 1.29 is 32.6 Å². The Kier molecular flexibility index (Phi) is 5.06. The molecule has 0 saturated heterocycles. The van der Waals surface area contributed by atoms with Gasteiger partial charge >= 0.3 is 18.1 Å². The summed E-state index contributed by atoms with van der Waals surface area (Å²) in [5.41, 5.74) is 6.23. The number of benzene rings is 3. The monoisotopic (exact) mass is 389 g/mol. The highest BCUT2D eigenvalue weighted by Gasteiger charge is 2.42. The number of fused-ring (bicyclic) bond motifs is 1. The van der Waals surface area contributed by atoms with Crippen molar-refractivity contribution in [1.29, 1.82) is 0 Å². The number of aromatic carboxylic acids is 1. The number of hydrogen-bond acceptors (Lipinski definition) is 4. The van der Waals surface area contributed by atoms with Crippen LogP contribution in [-0.4, -0.2) is 23.2 Å². The van der Waals surface area contributed by atoms with E-state index in [1.54, 1.807) is 24.3 Å². The fourth-order valence-electron chi connectivity index (χ4n) is 2.88. The average Bonchev–Trinajstić information content (AvgIpc) is 2.66. The molecule has 0 aliphatic heterocycles. The quantitative estimate of drug-likeness (QED) is 0.517. The van der Waals surface area contributed by atoms with Crippen LogP contribution in [0, 0.1) is 0 Å². The zero-order valence-electron chi connectivity index (χ0n) is 14.3. The normalized spacial score (nSPS) is 11.4. The van der Waals surface area contributed by atoms with Gasteiger partial charge in [-0.2, -0.15) is 13.2 Å². The van der Waals surface area contributed by atoms with E-state index in [2.05, 4.69) is 4.74 Å². The van der Waals surface area contributed by atoms with E-state index in [1.807, 2.05) is 0 Å². The molecule has 3 N–H and O–H groups in total. The van der Waals surface area contributed by atoms with Gasteiger partial charge in [0, 0.05) is 17.7 Å². The number of nitrogens with two attached hydrogens (primary N) is 1. The summed E-state index contributed by atoms with van der Waals surface area (Å²) in [6.07, 6.45) is -5.20. The molecule has 0 atom stereocenters. The molecule has 0 heterocycles. The topological polar surface area (TPSA) is 89.6 Å². The number of ether oxygens (including phenoxy) is 1. The second-order valence-electron chi connectivity index (χ2n) is 5.94. The lowest BCUT2D eigenvalue weighted by atomic mass is 9.92. The minimum absolute atomic E-state index is 0.0726. The van der Waals surface area contributed by atoms with Gasteiger partial charge < -0.3 is 15.6 Å². The number of carboxylic acids is 1. The smallest absolute Gasteiger partial charge is 0.478 e. The molecule has 0 aromatic heterocycles. The third kappa shape index (κ3) is 3.67. The van der Waals surface area contributed by atoms with E-state index in [9.17, 15) is 27.9 Å². The third-order valence-electron chi connectivity index (χ3n) is 4.14. The summed E-state index contributed by atoms with van der Waals surface area (Å²) in [7, 11) is 0. The average molecular weight is 389 g/mol. The standard InChI is InChI=1S/C20H14F3NO4/c21-20(22,23)19(27)28-16-8-6-12-3-1-2-4-13(12)17(16)15-9-11(10-24)5-7-14(15)18(25)26/h1-9H,10,24H2,(H,25,26). The molecule has 0 spiro atoms. The first-order chi connectivity index (χ1) is 13.2. The minimum atomic E-state index is -5.20. The van der Waals surface area contributed by atoms with Gasteiger partial charge in [0.25, 0.3) is 0 Å². The van der Waals surface area contributed by atoms with E-state index in [1.165, 1.54) is 30.3 Å². The van der Waals surface area contributed by atoms with E-state index >= 15 is 0 Å². The molecule has 0 fully saturated rings. The van der Waals surface area contributed by atoms with Gasteiger partial charge in [-0.15, -0.1) is 0 Å². The Morgan fingerprint density at radius 3 is 2.39 bits per heavy atom. The number of alkyl halides is 3. The molecular weight excluding hydrogens is 375 g/mol. The summed E-state index contributed by atoms with van der Waals surface area (Å²) in [6.45, 7) is 0.0926. The van der Waals surface area contributed by atoms with Crippen molar-refractivity contribution in [3.63, 3.8) is 0 Å². The van der Waals surface area contributed by atoms with E-state index < -0.39 is 23.9 Å². The predicted molar refractivity (Wildman–Crippen MR) is 95.9 cm³/mol. The predicted octanol–water partition coefficient (Wildman–Crippen LogP) is 4.13. The number of halogens is 3. The third-order valence-corrected chi connectivity index (χ3v) is 4.14. The van der Waals surface area contributed by atoms with Gasteiger partial charge in [-0.25, -0.2) is 9.59 Å². The Morgan fingerprint density at radius 1 is 1.04 bits per heavy atom. The van der Waals surface area contributed by atoms with Crippen LogP contribution in [0.4, 0.5) is 13.2 Å². The van der Waals surface area contributed by atoms with Crippen LogP contribution in [0.1, 0.15) is 15.9 Å². The number of hydrogen-bond donors (Lipinski definition) is 2. The first kappa shape index (κ1) is 19.4. The lowest BCUT2D eigenvalue weighted by Crippen LogP contribution is -2.28. The molecule has 144 valence electrons. The number of carboxylic acid groups (broad SMARTS) is 1. The Morgan fingerprint density at radius 2 is 1.75 bits per heavy atom. The molecule has 0 unspecified atom stereocenters. The highest BCUT2D eigenvalue weighted by atomic mass is 19.4. The van der Waals surface area contributed by atoms with Gasteiger partial charge in [-0.05, 0) is 34.5 Å². The lowest BCUT2D eigenvalue weighted by molar-refractivity contribution is -0.189. The van der Waals surface area contributed by atoms with Crippen LogP contribution >= 0.6 is 0 Å². The Labute approximate surface area is 157 Å². The Bertz CT molecular complexity index is 1080. The molecule has 5 nitrogen and oxygen atoms in total. The molecule has 0 aliphatic carbocycles. The zero-order valence-corrected chi connectivity index (χ0v) is 14.3. The van der Waals surface area contributed by atoms with Crippen LogP contribution in [-0.2, 0) is 11.3 Å². The first-order valence-corrected chi connectivity index (χ1v) is 8.09. The minimum Gasteiger partial charge on any atom is -0.478 e. The molecular formula is C20H14F3NO4. The van der Waals surface area contributed by atoms with Gasteiger partial charge in [-0.3, -0.25) is 0 Å². The van der Waals surface area contributed by atoms with Crippen molar-refractivity contribution in [2.75, 3.05) is 0 Å². The first-order valence-electron chi connectivity index (χ1n) is 8.09. The van der Waals surface area contributed by atoms with Crippen molar-refractivity contribution in [1.82, 2.24) is 0 Å². The Hall–Kier alpha value is -3.39. The summed E-state index contributed by atoms with van der Waals surface area (Å²) in [6, 6.07) is 13.7. The maximum absolute atomic E-state index is 12.7. The molecule has 28 heavy (non-hydrogen) atoms. The van der Waals surface area contributed by atoms with Crippen molar-refractivity contribution in [3.05, 3.63) is 65.7 Å². The van der Waals surface area contributed by atoms with Crippen LogP contribution in [0.25, 0.3) is 21.9 Å². The summed E-state index contributed by atoms with van der Waals surface area (Å²) < 4.78 is 42.8. The SMILES string of the molecule is NCc1ccc(C(=O)O)c(-c2c(OC(=O)C(F)(F)F)ccc3ccccc23)c1. The van der Waals surface area contributed by atoms with Crippen LogP contribution in [0.5, 0.6) is 5.75 Å². The number of carbonyl (C=O) groups is 2. The summed E-state index contributed by atoms with van der Waals surface area (Å²) in [4.78, 5) is 23.1. The van der Waals surface area contributed by atoms with Crippen LogP contribution in [0.3, 0.4) is 0 Å². The van der Waals surface area contributed by atoms with Crippen LogP contribution < -0.4 is 10.5 Å². The molecule has 3 aromatic rings. The fourth-order valence-corrected chi connectivity index (χ4v) is 2.88. The Balaban J connectivity index is 2.34. The molecule has 0 bridgehead atoms. The van der Waals surface area contributed by atoms with Gasteiger partial charge in [0.05, 0.1) is 5.56 Å².